The molecule has 0 aromatic heterocycles. The van der Waals surface area contributed by atoms with Gasteiger partial charge in [-0.05, 0) is 74.0 Å². The second-order valence-corrected chi connectivity index (χ2v) is 24.1. The van der Waals surface area contributed by atoms with E-state index in [1.165, 1.54) is 0 Å². The maximum atomic E-state index is 13.3. The molecule has 25 heteroatoms. The maximum absolute atomic E-state index is 13.3. The van der Waals surface area contributed by atoms with Gasteiger partial charge in [-0.2, -0.15) is 0 Å². The van der Waals surface area contributed by atoms with Crippen LogP contribution in [-0.4, -0.2) is 122 Å². The van der Waals surface area contributed by atoms with Crippen LogP contribution < -0.4 is 42.5 Å². The Bertz CT molecular complexity index is 1850. The molecule has 5 heterocycles. The Morgan fingerprint density at radius 3 is 0.667 bits per heavy atom. The zero-order valence-corrected chi connectivity index (χ0v) is 36.7. The van der Waals surface area contributed by atoms with Crippen molar-refractivity contribution in [1.82, 2.24) is 42.5 Å². The van der Waals surface area contributed by atoms with E-state index in [4.69, 9.17) is 0 Å². The molecule has 5 saturated heterocycles. The summed E-state index contributed by atoms with van der Waals surface area (Å²) in [5.41, 5.74) is 0. The fourth-order valence-corrected chi connectivity index (χ4v) is 20.5. The molecule has 0 aromatic rings. The average Bonchev–Trinajstić information content (AvgIpc) is 3.84. The van der Waals surface area contributed by atoms with E-state index in [0.717, 1.165) is 77.0 Å². The van der Waals surface area contributed by atoms with Gasteiger partial charge in [0.15, 0.2) is 0 Å². The molecule has 5 aliphatic heterocycles. The minimum absolute atomic E-state index is 0. The average molecular weight is 1060 g/mol. The third kappa shape index (κ3) is 7.75. The first-order valence-electron chi connectivity index (χ1n) is 20.2. The zero-order valence-electron chi connectivity index (χ0n) is 30.9. The normalized spacial score (nSPS) is 50.2. The molecule has 4 saturated carbocycles. The van der Waals surface area contributed by atoms with Crippen LogP contribution in [0.5, 0.6) is 0 Å². The van der Waals surface area contributed by atoms with Crippen molar-refractivity contribution in [3.8, 4) is 0 Å². The number of hydrogen-bond acceptors (Lipinski definition) is 20. The Balaban J connectivity index is 0.00000455. The van der Waals surface area contributed by atoms with Gasteiger partial charge in [0.05, 0.1) is 90.6 Å². The van der Waals surface area contributed by atoms with Crippen LogP contribution in [0.3, 0.4) is 0 Å². The SMILES string of the molecule is O=S(=O)([O-])C1C2C3NC4NC(NC5NC(NC6NC(NC(N3)C2C(S(=O)(=O)[O-])C(S(=O)(=O)[O-])C1S(=O)(=O)[O-])C1CCCCC61)C1CCCCC51)C1CCCCC41.[Os+4]. The van der Waals surface area contributed by atoms with E-state index in [9.17, 15) is 51.9 Å². The largest absolute Gasteiger partial charge is 4.00 e. The second-order valence-electron chi connectivity index (χ2n) is 18.0. The zero-order chi connectivity index (χ0) is 39.7. The predicted molar refractivity (Wildman–Crippen MR) is 193 cm³/mol. The van der Waals surface area contributed by atoms with E-state index in [1.54, 1.807) is 0 Å². The van der Waals surface area contributed by atoms with Gasteiger partial charge in [0.25, 0.3) is 0 Å². The maximum Gasteiger partial charge on any atom is 4.00 e. The molecule has 20 unspecified atom stereocenters. The standard InChI is InChI=1S/C32H56N8O12S4.Os/c41-53(42,43)21-19-20(22(54(44,45)46)24(56(50,51)52)23(21)55(47,48)49)32-39-30-18-12-6-4-10-16(18)28(37-30)35-26-14-8-2-1-7-13(14)25(33-26)34-27-15-9-3-5-11-17(15)29(36-27)38-31(19)40-32;/h13-40H,1-12H2,(H,41,42,43)(H,44,45,46)(H,47,48,49)(H,50,51,52);/q;+4/p-4. The van der Waals surface area contributed by atoms with Gasteiger partial charge >= 0.3 is 19.8 Å². The van der Waals surface area contributed by atoms with Gasteiger partial charge in [0.2, 0.25) is 0 Å². The van der Waals surface area contributed by atoms with E-state index in [-0.39, 0.29) is 68.1 Å². The summed E-state index contributed by atoms with van der Waals surface area (Å²) in [6.07, 6.45) is 6.60. The third-order valence-electron chi connectivity index (χ3n) is 15.3. The van der Waals surface area contributed by atoms with Gasteiger partial charge in [0.1, 0.15) is 20.2 Å². The van der Waals surface area contributed by atoms with Crippen molar-refractivity contribution < 1.29 is 71.7 Å². The Hall–Kier alpha value is -0.0436. The molecule has 8 N–H and O–H groups in total. The first kappa shape index (κ1) is 43.6. The van der Waals surface area contributed by atoms with Crippen LogP contribution in [0.15, 0.2) is 0 Å². The van der Waals surface area contributed by atoms with Crippen LogP contribution in [0.2, 0.25) is 0 Å². The Kier molecular flexibility index (Phi) is 12.0. The van der Waals surface area contributed by atoms with E-state index < -0.39 is 98.0 Å². The molecule has 8 bridgehead atoms. The predicted octanol–water partition coefficient (Wildman–Crippen LogP) is -3.30. The summed E-state index contributed by atoms with van der Waals surface area (Å²) in [4.78, 5) is 0. The van der Waals surface area contributed by atoms with Gasteiger partial charge in [-0.1, -0.05) is 38.5 Å². The molecule has 20 atom stereocenters. The fourth-order valence-electron chi connectivity index (χ4n) is 13.4. The summed E-state index contributed by atoms with van der Waals surface area (Å²) in [6, 6.07) is 0. The molecule has 0 radical (unpaired) electrons. The summed E-state index contributed by atoms with van der Waals surface area (Å²) < 4.78 is 157. The first-order valence-corrected chi connectivity index (χ1v) is 26.1. The van der Waals surface area contributed by atoms with Gasteiger partial charge in [0, 0.05) is 11.8 Å². The summed E-state index contributed by atoms with van der Waals surface area (Å²) >= 11 is 0. The van der Waals surface area contributed by atoms with Crippen molar-refractivity contribution in [2.75, 3.05) is 0 Å². The van der Waals surface area contributed by atoms with Crippen molar-refractivity contribution in [3.05, 3.63) is 0 Å². The molecule has 57 heavy (non-hydrogen) atoms. The summed E-state index contributed by atoms with van der Waals surface area (Å²) in [6.45, 7) is 0. The summed E-state index contributed by atoms with van der Waals surface area (Å²) in [7, 11) is -24.4. The van der Waals surface area contributed by atoms with Crippen LogP contribution in [0.25, 0.3) is 0 Å². The molecule has 20 nitrogen and oxygen atoms in total. The van der Waals surface area contributed by atoms with Crippen molar-refractivity contribution in [2.45, 2.75) is 147 Å². The molecule has 0 aromatic carbocycles. The van der Waals surface area contributed by atoms with Crippen molar-refractivity contribution >= 4 is 40.5 Å². The molecular formula is C32H52N8O12OsS4. The first-order chi connectivity index (χ1) is 26.3. The molecule has 0 amide bonds. The molecule has 0 spiro atoms. The van der Waals surface area contributed by atoms with E-state index in [2.05, 4.69) is 42.5 Å². The molecule has 9 rings (SSSR count). The van der Waals surface area contributed by atoms with Crippen molar-refractivity contribution in [2.24, 2.45) is 47.3 Å². The number of rotatable bonds is 4. The monoisotopic (exact) mass is 1060 g/mol. The summed E-state index contributed by atoms with van der Waals surface area (Å²) in [5, 5.41) is 16.2. The fraction of sp³-hybridized carbons (Fsp3) is 1.00. The smallest absolute Gasteiger partial charge is 0.748 e. The molecule has 9 aliphatic rings. The Morgan fingerprint density at radius 2 is 0.474 bits per heavy atom. The number of hydrogen-bond donors (Lipinski definition) is 8. The topological polar surface area (TPSA) is 325 Å². The Morgan fingerprint density at radius 1 is 0.298 bits per heavy atom. The van der Waals surface area contributed by atoms with Gasteiger partial charge in [-0.3, -0.25) is 42.5 Å². The van der Waals surface area contributed by atoms with Crippen LogP contribution in [0, 0.1) is 47.3 Å². The minimum atomic E-state index is -6.22. The van der Waals surface area contributed by atoms with Crippen molar-refractivity contribution in [3.63, 3.8) is 0 Å². The minimum Gasteiger partial charge on any atom is -0.748 e. The van der Waals surface area contributed by atoms with Crippen LogP contribution >= 0.6 is 0 Å². The van der Waals surface area contributed by atoms with E-state index in [0.29, 0.717) is 11.8 Å². The third-order valence-corrected chi connectivity index (χ3v) is 20.9. The molecule has 4 aliphatic carbocycles. The number of fused-ring (bicyclic) bond motifs is 20. The van der Waals surface area contributed by atoms with Crippen LogP contribution in [0.1, 0.15) is 77.0 Å². The molecule has 324 valence electrons. The Labute approximate surface area is 347 Å². The van der Waals surface area contributed by atoms with Crippen LogP contribution in [0.4, 0.5) is 0 Å². The van der Waals surface area contributed by atoms with Gasteiger partial charge in [-0.15, -0.1) is 0 Å². The second kappa shape index (κ2) is 15.6. The van der Waals surface area contributed by atoms with Crippen LogP contribution in [-0.2, 0) is 60.3 Å². The quantitative estimate of drug-likeness (QED) is 0.128. The van der Waals surface area contributed by atoms with Gasteiger partial charge < -0.3 is 18.2 Å². The summed E-state index contributed by atoms with van der Waals surface area (Å²) in [5.74, 6) is -3.14. The van der Waals surface area contributed by atoms with E-state index >= 15 is 0 Å². The van der Waals surface area contributed by atoms with Crippen molar-refractivity contribution in [1.29, 1.82) is 0 Å². The molecule has 9 fully saturated rings. The van der Waals surface area contributed by atoms with E-state index in [1.807, 2.05) is 0 Å². The van der Waals surface area contributed by atoms with Gasteiger partial charge in [-0.25, -0.2) is 33.7 Å². The molecular weight excluding hydrogens is 1010 g/mol. The number of nitrogens with one attached hydrogen (secondary N) is 8.